The third-order valence-corrected chi connectivity index (χ3v) is 3.18. The number of halogens is 1. The predicted octanol–water partition coefficient (Wildman–Crippen LogP) is 3.54. The van der Waals surface area contributed by atoms with Crippen molar-refractivity contribution in [1.29, 1.82) is 0 Å². The van der Waals surface area contributed by atoms with Crippen LogP contribution in [0.15, 0.2) is 34.9 Å². The van der Waals surface area contributed by atoms with Gasteiger partial charge in [-0.05, 0) is 44.5 Å². The number of carbonyl (C=O) groups excluding carboxylic acids is 1. The van der Waals surface area contributed by atoms with Crippen LogP contribution in [0.2, 0.25) is 5.02 Å². The lowest BCUT2D eigenvalue weighted by Gasteiger charge is -2.07. The Bertz CT molecular complexity index is 608. The third-order valence-electron chi connectivity index (χ3n) is 2.93. The highest BCUT2D eigenvalue weighted by Crippen LogP contribution is 2.22. The molecule has 0 radical (unpaired) electrons. The molecule has 0 aliphatic heterocycles. The molecule has 5 nitrogen and oxygen atoms in total. The number of nitrogens with zero attached hydrogens (tertiary/aromatic N) is 1. The molecule has 2 aromatic rings. The highest BCUT2D eigenvalue weighted by Gasteiger charge is 2.13. The van der Waals surface area contributed by atoms with Gasteiger partial charge in [0.15, 0.2) is 11.5 Å². The fraction of sp³-hybridized carbons (Fsp3) is 0.375. The monoisotopic (exact) mass is 322 g/mol. The van der Waals surface area contributed by atoms with Crippen molar-refractivity contribution >= 4 is 17.5 Å². The SMILES string of the molecule is CC(C)OCCCNC(=O)c1cc(-c2ccc(Cl)cc2)on1. The van der Waals surface area contributed by atoms with E-state index in [1.165, 1.54) is 0 Å². The van der Waals surface area contributed by atoms with E-state index in [-0.39, 0.29) is 17.7 Å². The predicted molar refractivity (Wildman–Crippen MR) is 85.0 cm³/mol. The molecule has 0 bridgehead atoms. The van der Waals surface area contributed by atoms with Gasteiger partial charge in [-0.2, -0.15) is 0 Å². The van der Waals surface area contributed by atoms with Gasteiger partial charge in [0.2, 0.25) is 0 Å². The summed E-state index contributed by atoms with van der Waals surface area (Å²) in [5, 5.41) is 7.22. The van der Waals surface area contributed by atoms with Crippen LogP contribution in [0.5, 0.6) is 0 Å². The van der Waals surface area contributed by atoms with Crippen LogP contribution in [-0.2, 0) is 4.74 Å². The summed E-state index contributed by atoms with van der Waals surface area (Å²) in [6, 6.07) is 8.76. The molecule has 0 saturated carbocycles. The zero-order valence-corrected chi connectivity index (χ0v) is 13.4. The number of carbonyl (C=O) groups is 1. The van der Waals surface area contributed by atoms with E-state index in [2.05, 4.69) is 10.5 Å². The van der Waals surface area contributed by atoms with Crippen LogP contribution in [-0.4, -0.2) is 30.3 Å². The van der Waals surface area contributed by atoms with Crippen molar-refractivity contribution < 1.29 is 14.1 Å². The van der Waals surface area contributed by atoms with Gasteiger partial charge in [0.25, 0.3) is 5.91 Å². The normalized spacial score (nSPS) is 10.9. The fourth-order valence-corrected chi connectivity index (χ4v) is 1.94. The molecule has 2 rings (SSSR count). The first-order valence-electron chi connectivity index (χ1n) is 7.18. The summed E-state index contributed by atoms with van der Waals surface area (Å²) in [6.45, 7) is 5.11. The standard InChI is InChI=1S/C16H19ClN2O3/c1-11(2)21-9-3-8-18-16(20)14-10-15(22-19-14)12-4-6-13(17)7-5-12/h4-7,10-11H,3,8-9H2,1-2H3,(H,18,20). The maximum atomic E-state index is 11.9. The second-order valence-corrected chi connectivity index (χ2v) is 5.55. The minimum absolute atomic E-state index is 0.202. The summed E-state index contributed by atoms with van der Waals surface area (Å²) >= 11 is 5.84. The molecule has 118 valence electrons. The van der Waals surface area contributed by atoms with Gasteiger partial charge < -0.3 is 14.6 Å². The van der Waals surface area contributed by atoms with Crippen LogP contribution in [0, 0.1) is 0 Å². The van der Waals surface area contributed by atoms with Gasteiger partial charge in [0, 0.05) is 29.8 Å². The maximum Gasteiger partial charge on any atom is 0.273 e. The van der Waals surface area contributed by atoms with E-state index in [0.29, 0.717) is 23.9 Å². The molecule has 22 heavy (non-hydrogen) atoms. The third kappa shape index (κ3) is 4.86. The Kier molecular flexibility index (Phi) is 5.98. The lowest BCUT2D eigenvalue weighted by molar-refractivity contribution is 0.0756. The zero-order valence-electron chi connectivity index (χ0n) is 12.6. The molecule has 1 aromatic carbocycles. The highest BCUT2D eigenvalue weighted by atomic mass is 35.5. The smallest absolute Gasteiger partial charge is 0.273 e. The van der Waals surface area contributed by atoms with Crippen molar-refractivity contribution in [3.8, 4) is 11.3 Å². The summed E-state index contributed by atoms with van der Waals surface area (Å²) in [6.07, 6.45) is 0.958. The van der Waals surface area contributed by atoms with Crippen LogP contribution >= 0.6 is 11.6 Å². The second kappa shape index (κ2) is 7.96. The number of amides is 1. The topological polar surface area (TPSA) is 64.4 Å². The van der Waals surface area contributed by atoms with E-state index < -0.39 is 0 Å². The Hall–Kier alpha value is -1.85. The van der Waals surface area contributed by atoms with Gasteiger partial charge in [-0.25, -0.2) is 0 Å². The number of rotatable bonds is 7. The molecule has 0 saturated heterocycles. The highest BCUT2D eigenvalue weighted by molar-refractivity contribution is 6.30. The molecule has 0 aliphatic carbocycles. The molecular formula is C16H19ClN2O3. The average molecular weight is 323 g/mol. The van der Waals surface area contributed by atoms with Crippen LogP contribution in [0.4, 0.5) is 0 Å². The summed E-state index contributed by atoms with van der Waals surface area (Å²) in [7, 11) is 0. The minimum atomic E-state index is -0.256. The molecule has 0 spiro atoms. The van der Waals surface area contributed by atoms with E-state index in [1.807, 2.05) is 26.0 Å². The number of aromatic nitrogens is 1. The molecule has 0 fully saturated rings. The van der Waals surface area contributed by atoms with Crippen molar-refractivity contribution in [2.45, 2.75) is 26.4 Å². The lowest BCUT2D eigenvalue weighted by atomic mass is 10.1. The number of benzene rings is 1. The summed E-state index contributed by atoms with van der Waals surface area (Å²) in [5.74, 6) is 0.276. The van der Waals surface area contributed by atoms with Crippen molar-refractivity contribution in [1.82, 2.24) is 10.5 Å². The second-order valence-electron chi connectivity index (χ2n) is 5.11. The molecule has 1 heterocycles. The van der Waals surface area contributed by atoms with Crippen LogP contribution in [0.1, 0.15) is 30.8 Å². The Morgan fingerprint density at radius 1 is 1.36 bits per heavy atom. The van der Waals surface area contributed by atoms with E-state index in [0.717, 1.165) is 12.0 Å². The molecular weight excluding hydrogens is 304 g/mol. The first-order chi connectivity index (χ1) is 10.6. The maximum absolute atomic E-state index is 11.9. The van der Waals surface area contributed by atoms with Crippen molar-refractivity contribution in [3.05, 3.63) is 41.0 Å². The van der Waals surface area contributed by atoms with E-state index in [1.54, 1.807) is 18.2 Å². The van der Waals surface area contributed by atoms with E-state index in [4.69, 9.17) is 20.9 Å². The van der Waals surface area contributed by atoms with Crippen molar-refractivity contribution in [3.63, 3.8) is 0 Å². The van der Waals surface area contributed by atoms with E-state index in [9.17, 15) is 4.79 Å². The average Bonchev–Trinajstić information content (AvgIpc) is 2.97. The molecule has 6 heteroatoms. The Morgan fingerprint density at radius 3 is 2.77 bits per heavy atom. The van der Waals surface area contributed by atoms with Gasteiger partial charge in [0.05, 0.1) is 6.10 Å². The van der Waals surface area contributed by atoms with Gasteiger partial charge in [0.1, 0.15) is 0 Å². The quantitative estimate of drug-likeness (QED) is 0.792. The molecule has 1 amide bonds. The molecule has 0 aliphatic rings. The molecule has 0 atom stereocenters. The number of ether oxygens (including phenoxy) is 1. The fourth-order valence-electron chi connectivity index (χ4n) is 1.82. The first-order valence-corrected chi connectivity index (χ1v) is 7.56. The van der Waals surface area contributed by atoms with Gasteiger partial charge in [-0.1, -0.05) is 16.8 Å². The first kappa shape index (κ1) is 16.5. The molecule has 1 aromatic heterocycles. The Morgan fingerprint density at radius 2 is 2.09 bits per heavy atom. The van der Waals surface area contributed by atoms with Gasteiger partial charge in [-0.3, -0.25) is 4.79 Å². The number of nitrogens with one attached hydrogen (secondary N) is 1. The van der Waals surface area contributed by atoms with Crippen LogP contribution in [0.25, 0.3) is 11.3 Å². The van der Waals surface area contributed by atoms with Crippen LogP contribution in [0.3, 0.4) is 0 Å². The van der Waals surface area contributed by atoms with E-state index >= 15 is 0 Å². The summed E-state index contributed by atoms with van der Waals surface area (Å²) < 4.78 is 10.6. The van der Waals surface area contributed by atoms with Crippen LogP contribution < -0.4 is 5.32 Å². The summed E-state index contributed by atoms with van der Waals surface area (Å²) in [4.78, 5) is 11.9. The largest absolute Gasteiger partial charge is 0.379 e. The Balaban J connectivity index is 1.85. The molecule has 1 N–H and O–H groups in total. The molecule has 0 unspecified atom stereocenters. The van der Waals surface area contributed by atoms with Crippen molar-refractivity contribution in [2.75, 3.05) is 13.2 Å². The zero-order chi connectivity index (χ0) is 15.9. The van der Waals surface area contributed by atoms with Crippen molar-refractivity contribution in [2.24, 2.45) is 0 Å². The minimum Gasteiger partial charge on any atom is -0.379 e. The summed E-state index contributed by atoms with van der Waals surface area (Å²) in [5.41, 5.74) is 1.08. The Labute approximate surface area is 134 Å². The van der Waals surface area contributed by atoms with Gasteiger partial charge in [-0.15, -0.1) is 0 Å². The number of hydrogen-bond acceptors (Lipinski definition) is 4. The van der Waals surface area contributed by atoms with Gasteiger partial charge >= 0.3 is 0 Å². The number of hydrogen-bond donors (Lipinski definition) is 1. The lowest BCUT2D eigenvalue weighted by Crippen LogP contribution is -2.25.